The van der Waals surface area contributed by atoms with Crippen LogP contribution in [-0.4, -0.2) is 25.7 Å². The summed E-state index contributed by atoms with van der Waals surface area (Å²) >= 11 is 6.02. The summed E-state index contributed by atoms with van der Waals surface area (Å²) in [5, 5.41) is -0.913. The van der Waals surface area contributed by atoms with Gasteiger partial charge in [0.15, 0.2) is 15.6 Å². The Hall–Kier alpha value is -0.940. The van der Waals surface area contributed by atoms with Crippen molar-refractivity contribution in [2.24, 2.45) is 5.92 Å². The first-order valence-electron chi connectivity index (χ1n) is 5.53. The lowest BCUT2D eigenvalue weighted by atomic mass is 9.97. The van der Waals surface area contributed by atoms with Crippen LogP contribution in [0.1, 0.15) is 17.4 Å². The number of sulfone groups is 1. The highest BCUT2D eigenvalue weighted by Crippen LogP contribution is 2.30. The minimum atomic E-state index is -3.10. The van der Waals surface area contributed by atoms with Crippen LogP contribution in [0, 0.1) is 11.7 Å². The van der Waals surface area contributed by atoms with Crippen molar-refractivity contribution in [1.82, 2.24) is 0 Å². The molecule has 2 unspecified atom stereocenters. The monoisotopic (exact) mass is 290 g/mol. The van der Waals surface area contributed by atoms with Crippen molar-refractivity contribution in [3.8, 4) is 0 Å². The van der Waals surface area contributed by atoms with E-state index in [4.69, 9.17) is 11.6 Å². The summed E-state index contributed by atoms with van der Waals surface area (Å²) in [6.07, 6.45) is 0.325. The molecule has 0 N–H and O–H groups in total. The Morgan fingerprint density at radius 1 is 1.33 bits per heavy atom. The molecule has 1 aliphatic heterocycles. The van der Waals surface area contributed by atoms with Crippen LogP contribution >= 0.6 is 11.6 Å². The molecule has 0 bridgehead atoms. The molecule has 0 spiro atoms. The topological polar surface area (TPSA) is 51.2 Å². The quantitative estimate of drug-likeness (QED) is 0.801. The van der Waals surface area contributed by atoms with Crippen LogP contribution in [-0.2, 0) is 14.6 Å². The molecule has 6 heteroatoms. The molecule has 0 aliphatic carbocycles. The molecule has 1 heterocycles. The summed E-state index contributed by atoms with van der Waals surface area (Å²) in [6.45, 7) is 0. The second kappa shape index (κ2) is 4.97. The summed E-state index contributed by atoms with van der Waals surface area (Å²) in [6, 6.07) is 5.33. The molecular weight excluding hydrogens is 279 g/mol. The van der Waals surface area contributed by atoms with Crippen molar-refractivity contribution in [3.63, 3.8) is 0 Å². The Morgan fingerprint density at radius 2 is 1.94 bits per heavy atom. The van der Waals surface area contributed by atoms with E-state index in [0.717, 1.165) is 0 Å². The van der Waals surface area contributed by atoms with Gasteiger partial charge in [-0.2, -0.15) is 0 Å². The van der Waals surface area contributed by atoms with E-state index in [9.17, 15) is 17.6 Å². The number of hydrogen-bond acceptors (Lipinski definition) is 3. The van der Waals surface area contributed by atoms with Crippen LogP contribution < -0.4 is 0 Å². The minimum Gasteiger partial charge on any atom is -0.297 e. The zero-order valence-corrected chi connectivity index (χ0v) is 11.0. The van der Waals surface area contributed by atoms with E-state index >= 15 is 0 Å². The van der Waals surface area contributed by atoms with E-state index < -0.39 is 26.9 Å². The van der Waals surface area contributed by atoms with E-state index in [1.807, 2.05) is 0 Å². The van der Waals surface area contributed by atoms with E-state index in [1.54, 1.807) is 0 Å². The molecule has 1 aromatic rings. The largest absolute Gasteiger partial charge is 0.297 e. The third kappa shape index (κ3) is 2.90. The standard InChI is InChI=1S/C12H12ClFO3S/c13-11(8-1-3-10(14)4-2-8)12(15)9-5-6-18(16,17)7-9/h1-4,9,11H,5-7H2. The zero-order chi connectivity index (χ0) is 13.3. The van der Waals surface area contributed by atoms with Crippen LogP contribution in [0.25, 0.3) is 0 Å². The second-order valence-electron chi connectivity index (χ2n) is 4.42. The van der Waals surface area contributed by atoms with Gasteiger partial charge >= 0.3 is 0 Å². The minimum absolute atomic E-state index is 0.0381. The maximum Gasteiger partial charge on any atom is 0.159 e. The van der Waals surface area contributed by atoms with E-state index in [2.05, 4.69) is 0 Å². The number of halogens is 2. The number of rotatable bonds is 3. The molecule has 1 aromatic carbocycles. The van der Waals surface area contributed by atoms with Crippen LogP contribution in [0.15, 0.2) is 24.3 Å². The lowest BCUT2D eigenvalue weighted by molar-refractivity contribution is -0.121. The Labute approximate surface area is 110 Å². The molecule has 1 aliphatic rings. The van der Waals surface area contributed by atoms with Crippen molar-refractivity contribution >= 4 is 27.2 Å². The summed E-state index contributed by atoms with van der Waals surface area (Å²) < 4.78 is 35.4. The Kier molecular flexibility index (Phi) is 3.73. The van der Waals surface area contributed by atoms with Crippen molar-refractivity contribution in [2.75, 3.05) is 11.5 Å². The van der Waals surface area contributed by atoms with Crippen molar-refractivity contribution < 1.29 is 17.6 Å². The van der Waals surface area contributed by atoms with Gasteiger partial charge in [0.25, 0.3) is 0 Å². The average molecular weight is 291 g/mol. The number of hydrogen-bond donors (Lipinski definition) is 0. The number of benzene rings is 1. The molecule has 98 valence electrons. The third-order valence-electron chi connectivity index (χ3n) is 3.05. The predicted octanol–water partition coefficient (Wildman–Crippen LogP) is 2.11. The van der Waals surface area contributed by atoms with Gasteiger partial charge in [-0.25, -0.2) is 12.8 Å². The molecule has 2 atom stereocenters. The number of carbonyl (C=O) groups is 1. The lowest BCUT2D eigenvalue weighted by Gasteiger charge is -2.12. The van der Waals surface area contributed by atoms with Gasteiger partial charge in [0.05, 0.1) is 11.5 Å². The van der Waals surface area contributed by atoms with E-state index in [0.29, 0.717) is 12.0 Å². The van der Waals surface area contributed by atoms with Gasteiger partial charge in [-0.05, 0) is 24.1 Å². The van der Waals surface area contributed by atoms with E-state index in [1.165, 1.54) is 24.3 Å². The fourth-order valence-corrected chi connectivity index (χ4v) is 4.10. The first-order valence-corrected chi connectivity index (χ1v) is 7.78. The highest BCUT2D eigenvalue weighted by molar-refractivity contribution is 7.91. The van der Waals surface area contributed by atoms with Gasteiger partial charge in [-0.1, -0.05) is 12.1 Å². The fraction of sp³-hybridized carbons (Fsp3) is 0.417. The first-order chi connectivity index (χ1) is 8.39. The predicted molar refractivity (Wildman–Crippen MR) is 66.8 cm³/mol. The van der Waals surface area contributed by atoms with Gasteiger partial charge in [-0.3, -0.25) is 4.79 Å². The SMILES string of the molecule is O=C(C1CCS(=O)(=O)C1)C(Cl)c1ccc(F)cc1. The molecule has 0 aromatic heterocycles. The molecule has 1 fully saturated rings. The highest BCUT2D eigenvalue weighted by Gasteiger charge is 2.36. The van der Waals surface area contributed by atoms with Crippen molar-refractivity contribution in [2.45, 2.75) is 11.8 Å². The molecule has 3 nitrogen and oxygen atoms in total. The molecule has 0 saturated carbocycles. The van der Waals surface area contributed by atoms with Crippen LogP contribution in [0.2, 0.25) is 0 Å². The summed E-state index contributed by atoms with van der Waals surface area (Å²) in [5.41, 5.74) is 0.493. The van der Waals surface area contributed by atoms with Gasteiger partial charge in [0.2, 0.25) is 0 Å². The first kappa shape index (κ1) is 13.5. The smallest absolute Gasteiger partial charge is 0.159 e. The summed E-state index contributed by atoms with van der Waals surface area (Å²) in [4.78, 5) is 12.0. The number of Topliss-reactive ketones (excluding diaryl/α,β-unsaturated/α-hetero) is 1. The van der Waals surface area contributed by atoms with Crippen molar-refractivity contribution in [3.05, 3.63) is 35.6 Å². The number of alkyl halides is 1. The molecule has 18 heavy (non-hydrogen) atoms. The lowest BCUT2D eigenvalue weighted by Crippen LogP contribution is -2.20. The third-order valence-corrected chi connectivity index (χ3v) is 5.28. The Morgan fingerprint density at radius 3 is 2.44 bits per heavy atom. The maximum absolute atomic E-state index is 12.7. The maximum atomic E-state index is 12.7. The zero-order valence-electron chi connectivity index (χ0n) is 9.47. The van der Waals surface area contributed by atoms with Gasteiger partial charge in [0, 0.05) is 5.92 Å². The summed E-state index contributed by atoms with van der Waals surface area (Å²) in [5.74, 6) is -1.34. The van der Waals surface area contributed by atoms with E-state index in [-0.39, 0.29) is 17.3 Å². The number of ketones is 1. The average Bonchev–Trinajstić information content (AvgIpc) is 2.69. The molecular formula is C12H12ClFO3S. The second-order valence-corrected chi connectivity index (χ2v) is 7.08. The molecule has 1 saturated heterocycles. The molecule has 0 radical (unpaired) electrons. The Balaban J connectivity index is 2.12. The van der Waals surface area contributed by atoms with Crippen LogP contribution in [0.5, 0.6) is 0 Å². The van der Waals surface area contributed by atoms with Crippen LogP contribution in [0.4, 0.5) is 4.39 Å². The van der Waals surface area contributed by atoms with Gasteiger partial charge < -0.3 is 0 Å². The summed E-state index contributed by atoms with van der Waals surface area (Å²) in [7, 11) is -3.10. The molecule has 0 amide bonds. The van der Waals surface area contributed by atoms with Gasteiger partial charge in [0.1, 0.15) is 11.2 Å². The Bertz CT molecular complexity index is 553. The van der Waals surface area contributed by atoms with Crippen LogP contribution in [0.3, 0.4) is 0 Å². The van der Waals surface area contributed by atoms with Gasteiger partial charge in [-0.15, -0.1) is 11.6 Å². The normalized spacial score (nSPS) is 23.8. The molecule has 2 rings (SSSR count). The van der Waals surface area contributed by atoms with Crippen molar-refractivity contribution in [1.29, 1.82) is 0 Å². The fourth-order valence-electron chi connectivity index (χ4n) is 2.02. The highest BCUT2D eigenvalue weighted by atomic mass is 35.5. The number of carbonyl (C=O) groups excluding carboxylic acids is 1.